The number of fused-ring (bicyclic) bond motifs is 1. The maximum atomic E-state index is 10.7. The molecule has 4 nitrogen and oxygen atoms in total. The molecule has 2 rings (SSSR count). The van der Waals surface area contributed by atoms with Crippen molar-refractivity contribution in [3.63, 3.8) is 0 Å². The fourth-order valence-electron chi connectivity index (χ4n) is 1.97. The highest BCUT2D eigenvalue weighted by Gasteiger charge is 2.45. The van der Waals surface area contributed by atoms with E-state index in [1.807, 2.05) is 4.90 Å². The lowest BCUT2D eigenvalue weighted by molar-refractivity contribution is 0.121. The molecule has 64 valence electrons. The summed E-state index contributed by atoms with van der Waals surface area (Å²) in [6, 6.07) is 0.432. The van der Waals surface area contributed by atoms with Gasteiger partial charge in [-0.3, -0.25) is 9.45 Å². The van der Waals surface area contributed by atoms with Gasteiger partial charge in [0.15, 0.2) is 0 Å². The molecule has 2 aliphatic heterocycles. The molecule has 0 aromatic rings. The predicted molar refractivity (Wildman–Crippen MR) is 39.7 cm³/mol. The monoisotopic (exact) mass is 177 g/mol. The van der Waals surface area contributed by atoms with Gasteiger partial charge in [0, 0.05) is 12.6 Å². The molecule has 2 unspecified atom stereocenters. The summed E-state index contributed by atoms with van der Waals surface area (Å²) in [6.45, 7) is 0.828. The van der Waals surface area contributed by atoms with Gasteiger partial charge < -0.3 is 0 Å². The molecule has 0 aromatic heterocycles. The highest BCUT2D eigenvalue weighted by atomic mass is 32.2. The normalized spacial score (nSPS) is 38.3. The van der Waals surface area contributed by atoms with Crippen molar-refractivity contribution >= 4 is 10.1 Å². The van der Waals surface area contributed by atoms with Gasteiger partial charge in [-0.05, 0) is 19.3 Å². The van der Waals surface area contributed by atoms with Crippen molar-refractivity contribution in [2.45, 2.75) is 30.7 Å². The van der Waals surface area contributed by atoms with E-state index in [0.29, 0.717) is 12.5 Å². The summed E-state index contributed by atoms with van der Waals surface area (Å²) in [5.74, 6) is 0. The molecule has 0 bridgehead atoms. The van der Waals surface area contributed by atoms with E-state index in [4.69, 9.17) is 4.55 Å². The molecule has 2 fully saturated rings. The van der Waals surface area contributed by atoms with Crippen molar-refractivity contribution in [3.8, 4) is 0 Å². The molecule has 5 heteroatoms. The summed E-state index contributed by atoms with van der Waals surface area (Å²) in [6.07, 6.45) is 2.61. The molecule has 0 aromatic carbocycles. The minimum atomic E-state index is -3.81. The molecule has 0 amide bonds. The molecular weight excluding hydrogens is 166 g/mol. The Morgan fingerprint density at radius 3 is 2.27 bits per heavy atom. The van der Waals surface area contributed by atoms with E-state index in [9.17, 15) is 8.42 Å². The van der Waals surface area contributed by atoms with E-state index in [1.54, 1.807) is 0 Å². The second kappa shape index (κ2) is 2.18. The fourth-order valence-corrected chi connectivity index (χ4v) is 3.02. The zero-order valence-electron chi connectivity index (χ0n) is 6.10. The molecule has 2 heterocycles. The molecule has 0 saturated carbocycles. The van der Waals surface area contributed by atoms with Gasteiger partial charge in [0.1, 0.15) is 5.37 Å². The quantitative estimate of drug-likeness (QED) is 0.576. The standard InChI is InChI=1S/C6H11NO3S/c8-11(9,10)6-2-1-5-3-4-7(5)6/h5-6H,1-4H2,(H,8,9,10). The van der Waals surface area contributed by atoms with Gasteiger partial charge in [0.05, 0.1) is 0 Å². The zero-order chi connectivity index (χ0) is 8.06. The van der Waals surface area contributed by atoms with E-state index in [1.165, 1.54) is 0 Å². The molecule has 0 aliphatic carbocycles. The Balaban J connectivity index is 2.18. The summed E-state index contributed by atoms with van der Waals surface area (Å²) in [5, 5.41) is -0.596. The topological polar surface area (TPSA) is 57.6 Å². The van der Waals surface area contributed by atoms with Gasteiger partial charge in [-0.1, -0.05) is 0 Å². The van der Waals surface area contributed by atoms with Crippen LogP contribution in [-0.4, -0.2) is 35.8 Å². The van der Waals surface area contributed by atoms with Crippen molar-refractivity contribution in [1.29, 1.82) is 0 Å². The van der Waals surface area contributed by atoms with Crippen molar-refractivity contribution in [1.82, 2.24) is 4.90 Å². The largest absolute Gasteiger partial charge is 0.284 e. The van der Waals surface area contributed by atoms with Crippen LogP contribution in [0.2, 0.25) is 0 Å². The number of hydrogen-bond donors (Lipinski definition) is 1. The van der Waals surface area contributed by atoms with Gasteiger partial charge in [-0.25, -0.2) is 0 Å². The third-order valence-electron chi connectivity index (χ3n) is 2.65. The summed E-state index contributed by atoms with van der Waals surface area (Å²) < 4.78 is 30.2. The first-order valence-electron chi connectivity index (χ1n) is 3.81. The van der Waals surface area contributed by atoms with E-state index in [-0.39, 0.29) is 0 Å². The molecular formula is C6H11NO3S. The first-order chi connectivity index (χ1) is 5.09. The second-order valence-corrected chi connectivity index (χ2v) is 4.80. The van der Waals surface area contributed by atoms with Crippen LogP contribution >= 0.6 is 0 Å². The molecule has 2 aliphatic rings. The lowest BCUT2D eigenvalue weighted by atomic mass is 10.1. The molecule has 0 radical (unpaired) electrons. The first-order valence-corrected chi connectivity index (χ1v) is 5.31. The third kappa shape index (κ3) is 1.07. The number of nitrogens with zero attached hydrogens (tertiary/aromatic N) is 1. The van der Waals surface area contributed by atoms with Crippen LogP contribution in [0.25, 0.3) is 0 Å². The summed E-state index contributed by atoms with van der Waals surface area (Å²) >= 11 is 0. The Labute approximate surface area is 65.9 Å². The highest BCUT2D eigenvalue weighted by Crippen LogP contribution is 2.35. The average molecular weight is 177 g/mol. The summed E-state index contributed by atoms with van der Waals surface area (Å²) in [7, 11) is -3.81. The van der Waals surface area contributed by atoms with E-state index < -0.39 is 15.5 Å². The average Bonchev–Trinajstić information content (AvgIpc) is 2.05. The summed E-state index contributed by atoms with van der Waals surface area (Å²) in [5.41, 5.74) is 0. The third-order valence-corrected chi connectivity index (χ3v) is 3.84. The molecule has 2 atom stereocenters. The maximum absolute atomic E-state index is 10.7. The number of rotatable bonds is 1. The smallest absolute Gasteiger partial charge is 0.281 e. The molecule has 11 heavy (non-hydrogen) atoms. The lowest BCUT2D eigenvalue weighted by Crippen LogP contribution is -2.49. The molecule has 0 spiro atoms. The molecule has 1 N–H and O–H groups in total. The Kier molecular flexibility index (Phi) is 1.49. The Morgan fingerprint density at radius 1 is 1.27 bits per heavy atom. The Morgan fingerprint density at radius 2 is 2.00 bits per heavy atom. The minimum Gasteiger partial charge on any atom is -0.284 e. The van der Waals surface area contributed by atoms with Gasteiger partial charge in [-0.15, -0.1) is 0 Å². The minimum absolute atomic E-state index is 0.432. The van der Waals surface area contributed by atoms with E-state index in [0.717, 1.165) is 19.4 Å². The van der Waals surface area contributed by atoms with Crippen LogP contribution in [-0.2, 0) is 10.1 Å². The molecule has 2 saturated heterocycles. The van der Waals surface area contributed by atoms with Crippen LogP contribution in [0.1, 0.15) is 19.3 Å². The van der Waals surface area contributed by atoms with Crippen molar-refractivity contribution in [3.05, 3.63) is 0 Å². The van der Waals surface area contributed by atoms with E-state index >= 15 is 0 Å². The first kappa shape index (κ1) is 7.52. The van der Waals surface area contributed by atoms with Crippen LogP contribution in [0.5, 0.6) is 0 Å². The number of hydrogen-bond acceptors (Lipinski definition) is 3. The van der Waals surface area contributed by atoms with Crippen LogP contribution in [0.15, 0.2) is 0 Å². The Hall–Kier alpha value is -0.130. The van der Waals surface area contributed by atoms with Crippen molar-refractivity contribution in [2.75, 3.05) is 6.54 Å². The van der Waals surface area contributed by atoms with Crippen LogP contribution < -0.4 is 0 Å². The van der Waals surface area contributed by atoms with Gasteiger partial charge in [-0.2, -0.15) is 8.42 Å². The van der Waals surface area contributed by atoms with Crippen LogP contribution in [0.4, 0.5) is 0 Å². The lowest BCUT2D eigenvalue weighted by Gasteiger charge is -2.37. The van der Waals surface area contributed by atoms with Gasteiger partial charge >= 0.3 is 0 Å². The Bertz CT molecular complexity index is 261. The fraction of sp³-hybridized carbons (Fsp3) is 1.00. The predicted octanol–water partition coefficient (Wildman–Crippen LogP) is 0.0684. The summed E-state index contributed by atoms with van der Waals surface area (Å²) in [4.78, 5) is 1.87. The van der Waals surface area contributed by atoms with Gasteiger partial charge in [0.2, 0.25) is 0 Å². The van der Waals surface area contributed by atoms with Crippen LogP contribution in [0, 0.1) is 0 Å². The van der Waals surface area contributed by atoms with Crippen LogP contribution in [0.3, 0.4) is 0 Å². The second-order valence-electron chi connectivity index (χ2n) is 3.23. The van der Waals surface area contributed by atoms with Crippen molar-refractivity contribution in [2.24, 2.45) is 0 Å². The van der Waals surface area contributed by atoms with Gasteiger partial charge in [0.25, 0.3) is 10.1 Å². The van der Waals surface area contributed by atoms with E-state index in [2.05, 4.69) is 0 Å². The highest BCUT2D eigenvalue weighted by molar-refractivity contribution is 7.86. The van der Waals surface area contributed by atoms with Crippen molar-refractivity contribution < 1.29 is 13.0 Å². The SMILES string of the molecule is O=S(=O)(O)C1CCC2CCN21. The zero-order valence-corrected chi connectivity index (χ0v) is 6.92. The maximum Gasteiger partial charge on any atom is 0.281 e.